The van der Waals surface area contributed by atoms with Gasteiger partial charge >= 0.3 is 51.4 Å². The van der Waals surface area contributed by atoms with Crippen molar-refractivity contribution in [1.29, 1.82) is 0 Å². The van der Waals surface area contributed by atoms with Gasteiger partial charge in [-0.1, -0.05) is 94.2 Å². The monoisotopic (exact) mass is 472 g/mol. The zero-order chi connectivity index (χ0) is 21.8. The molecule has 0 aliphatic rings. The second kappa shape index (κ2) is 15.4. The molecular formula is C24H33KO5S. The Morgan fingerprint density at radius 1 is 0.839 bits per heavy atom. The Labute approximate surface area is 229 Å². The van der Waals surface area contributed by atoms with Gasteiger partial charge < -0.3 is 9.84 Å². The quantitative estimate of drug-likeness (QED) is 0.259. The zero-order valence-corrected chi connectivity index (χ0v) is 22.7. The third kappa shape index (κ3) is 10.8. The maximum absolute atomic E-state index is 12.5. The second-order valence-corrected chi connectivity index (χ2v) is 9.12. The fraction of sp³-hybridized carbons (Fsp3) is 0.500. The predicted octanol–water partition coefficient (Wildman–Crippen LogP) is 3.27. The molecule has 1 N–H and O–H groups in total. The fourth-order valence-corrected chi connectivity index (χ4v) is 4.13. The van der Waals surface area contributed by atoms with Crippen LogP contribution < -0.4 is 61.2 Å². The summed E-state index contributed by atoms with van der Waals surface area (Å²) in [6, 6.07) is 11.6. The first-order chi connectivity index (χ1) is 14.4. The first kappa shape index (κ1) is 28.6. The molecule has 0 atom stereocenters. The van der Waals surface area contributed by atoms with Crippen molar-refractivity contribution in [1.82, 2.24) is 0 Å². The Morgan fingerprint density at radius 2 is 1.39 bits per heavy atom. The van der Waals surface area contributed by atoms with Gasteiger partial charge in [-0.25, -0.2) is 0 Å². The molecule has 0 aromatic heterocycles. The fourth-order valence-electron chi connectivity index (χ4n) is 3.50. The molecule has 166 valence electrons. The third-order valence-corrected chi connectivity index (χ3v) is 6.02. The Bertz CT molecular complexity index is 869. The molecule has 0 aliphatic carbocycles. The molecule has 0 bridgehead atoms. The number of benzene rings is 2. The van der Waals surface area contributed by atoms with Crippen molar-refractivity contribution in [2.75, 3.05) is 0 Å². The summed E-state index contributed by atoms with van der Waals surface area (Å²) in [6.45, 7) is 2.22. The van der Waals surface area contributed by atoms with E-state index in [9.17, 15) is 18.1 Å². The minimum atomic E-state index is -4.62. The van der Waals surface area contributed by atoms with Gasteiger partial charge in [0, 0.05) is 6.07 Å². The van der Waals surface area contributed by atoms with Crippen LogP contribution in [0.15, 0.2) is 47.4 Å². The third-order valence-electron chi connectivity index (χ3n) is 5.16. The molecule has 0 aliphatic heterocycles. The molecule has 0 amide bonds. The summed E-state index contributed by atoms with van der Waals surface area (Å²) in [5.74, 6) is 0.117. The average Bonchev–Trinajstić information content (AvgIpc) is 2.71. The summed E-state index contributed by atoms with van der Waals surface area (Å²) in [5.41, 5.74) is 0.357. The summed E-state index contributed by atoms with van der Waals surface area (Å²) in [6.07, 6.45) is 12.3. The molecule has 0 spiro atoms. The van der Waals surface area contributed by atoms with Gasteiger partial charge in [-0.3, -0.25) is 4.55 Å². The average molecular weight is 473 g/mol. The molecule has 0 heterocycles. The minimum absolute atomic E-state index is 0. The van der Waals surface area contributed by atoms with E-state index in [2.05, 4.69) is 6.92 Å². The normalized spacial score (nSPS) is 11.2. The Morgan fingerprint density at radius 3 is 1.94 bits per heavy atom. The van der Waals surface area contributed by atoms with Crippen LogP contribution in [0.3, 0.4) is 0 Å². The first-order valence-corrected chi connectivity index (χ1v) is 12.4. The van der Waals surface area contributed by atoms with E-state index < -0.39 is 20.8 Å². The number of unbranched alkanes of at least 4 members (excludes halogenated alkanes) is 9. The molecule has 0 radical (unpaired) electrons. The van der Waals surface area contributed by atoms with Crippen molar-refractivity contribution in [3.8, 4) is 17.2 Å². The smallest absolute Gasteiger partial charge is 0.871 e. The molecule has 2 rings (SSSR count). The molecular weight excluding hydrogens is 439 g/mol. The van der Waals surface area contributed by atoms with Gasteiger partial charge in [0.15, 0.2) is 0 Å². The van der Waals surface area contributed by atoms with Crippen LogP contribution in [0, 0.1) is 0 Å². The molecule has 0 unspecified atom stereocenters. The number of ether oxygens (including phenoxy) is 1. The van der Waals surface area contributed by atoms with Crippen LogP contribution in [-0.4, -0.2) is 13.0 Å². The summed E-state index contributed by atoms with van der Waals surface area (Å²) in [4.78, 5) is -0.627. The first-order valence-electron chi connectivity index (χ1n) is 11.0. The van der Waals surface area contributed by atoms with E-state index in [0.29, 0.717) is 17.7 Å². The summed E-state index contributed by atoms with van der Waals surface area (Å²) >= 11 is 0. The summed E-state index contributed by atoms with van der Waals surface area (Å²) in [5, 5.41) is 12.5. The van der Waals surface area contributed by atoms with E-state index in [1.807, 2.05) is 6.07 Å². The molecule has 31 heavy (non-hydrogen) atoms. The predicted molar refractivity (Wildman–Crippen MR) is 118 cm³/mol. The van der Waals surface area contributed by atoms with Crippen molar-refractivity contribution < 1.29 is 74.2 Å². The number of hydrogen-bond donors (Lipinski definition) is 1. The standard InChI is InChI=1S/C24H34O5S.K/c1-2-3-4-5-6-7-8-9-10-12-15-20-18-22(29-21-16-13-11-14-17-21)19-23(24(20)25)30(26,27)28;/h11,13-14,16-19,25H,2-10,12,15H2,1H3,(H,26,27,28);/q;+1/p-1. The van der Waals surface area contributed by atoms with Gasteiger partial charge in [0.1, 0.15) is 11.5 Å². The second-order valence-electron chi connectivity index (χ2n) is 7.73. The number of hydrogen-bond acceptors (Lipinski definition) is 4. The van der Waals surface area contributed by atoms with Crippen LogP contribution >= 0.6 is 0 Å². The molecule has 0 saturated carbocycles. The van der Waals surface area contributed by atoms with Crippen LogP contribution in [0.2, 0.25) is 0 Å². The van der Waals surface area contributed by atoms with Crippen LogP contribution in [0.5, 0.6) is 17.2 Å². The zero-order valence-electron chi connectivity index (χ0n) is 18.8. The van der Waals surface area contributed by atoms with Crippen LogP contribution in [0.25, 0.3) is 0 Å². The maximum Gasteiger partial charge on any atom is 1.00 e. The van der Waals surface area contributed by atoms with Gasteiger partial charge in [-0.05, 0) is 31.0 Å². The number of para-hydroxylation sites is 1. The van der Waals surface area contributed by atoms with Crippen LogP contribution in [0.4, 0.5) is 0 Å². The largest absolute Gasteiger partial charge is 1.00 e. The topological polar surface area (TPSA) is 86.7 Å². The van der Waals surface area contributed by atoms with E-state index >= 15 is 0 Å². The van der Waals surface area contributed by atoms with E-state index in [4.69, 9.17) is 4.74 Å². The number of aryl methyl sites for hydroxylation is 1. The van der Waals surface area contributed by atoms with Crippen LogP contribution in [-0.2, 0) is 16.5 Å². The molecule has 2 aromatic rings. The van der Waals surface area contributed by atoms with E-state index in [-0.39, 0.29) is 57.1 Å². The Hall–Kier alpha value is -0.414. The Kier molecular flexibility index (Phi) is 14.2. The molecule has 0 saturated heterocycles. The molecule has 0 fully saturated rings. The minimum Gasteiger partial charge on any atom is -0.871 e. The van der Waals surface area contributed by atoms with Crippen molar-refractivity contribution in [2.24, 2.45) is 0 Å². The van der Waals surface area contributed by atoms with Crippen molar-refractivity contribution in [2.45, 2.75) is 82.4 Å². The molecule has 7 heteroatoms. The van der Waals surface area contributed by atoms with Gasteiger partial charge in [0.05, 0.1) is 4.90 Å². The maximum atomic E-state index is 12.5. The van der Waals surface area contributed by atoms with Gasteiger partial charge in [-0.15, -0.1) is 0 Å². The molecule has 5 nitrogen and oxygen atoms in total. The van der Waals surface area contributed by atoms with Crippen molar-refractivity contribution >= 4 is 10.1 Å². The van der Waals surface area contributed by atoms with Gasteiger partial charge in [0.2, 0.25) is 0 Å². The SMILES string of the molecule is CCCCCCCCCCCCc1cc(Oc2ccccc2)cc(S(=O)(=O)O)c1[O-].[K+]. The van der Waals surface area contributed by atoms with Crippen molar-refractivity contribution in [3.63, 3.8) is 0 Å². The number of rotatable bonds is 14. The van der Waals surface area contributed by atoms with E-state index in [1.165, 1.54) is 44.9 Å². The van der Waals surface area contributed by atoms with Gasteiger partial charge in [0.25, 0.3) is 10.1 Å². The van der Waals surface area contributed by atoms with Crippen LogP contribution in [0.1, 0.15) is 76.7 Å². The molecule has 2 aromatic carbocycles. The Balaban J connectivity index is 0.00000480. The summed E-state index contributed by atoms with van der Waals surface area (Å²) < 4.78 is 38.4. The van der Waals surface area contributed by atoms with Gasteiger partial charge in [-0.2, -0.15) is 8.42 Å². The van der Waals surface area contributed by atoms with E-state index in [1.54, 1.807) is 30.3 Å². The summed E-state index contributed by atoms with van der Waals surface area (Å²) in [7, 11) is -4.62. The van der Waals surface area contributed by atoms with Crippen molar-refractivity contribution in [3.05, 3.63) is 48.0 Å². The van der Waals surface area contributed by atoms with E-state index in [0.717, 1.165) is 25.3 Å².